The highest BCUT2D eigenvalue weighted by Crippen LogP contribution is 2.34. The SMILES string of the molecule is C=CCN1C(=O)S/C(=C/c2ccc(OCc3ccc(C(=O)[O-])cc3)c(Br)c2)C1=O. The average Bonchev–Trinajstić information content (AvgIpc) is 2.95. The molecule has 1 aliphatic rings. The maximum atomic E-state index is 12.3. The number of imide groups is 1. The van der Waals surface area contributed by atoms with E-state index in [2.05, 4.69) is 22.5 Å². The van der Waals surface area contributed by atoms with Crippen LogP contribution in [0, 0.1) is 0 Å². The van der Waals surface area contributed by atoms with Crippen molar-refractivity contribution in [1.29, 1.82) is 0 Å². The minimum atomic E-state index is -1.22. The van der Waals surface area contributed by atoms with Crippen molar-refractivity contribution >= 4 is 50.9 Å². The Hall–Kier alpha value is -2.84. The van der Waals surface area contributed by atoms with Crippen LogP contribution in [0.15, 0.2) is 64.5 Å². The van der Waals surface area contributed by atoms with E-state index in [0.717, 1.165) is 27.8 Å². The van der Waals surface area contributed by atoms with Crippen LogP contribution >= 0.6 is 27.7 Å². The first kappa shape index (κ1) is 20.9. The van der Waals surface area contributed by atoms with Crippen LogP contribution in [0.2, 0.25) is 0 Å². The van der Waals surface area contributed by atoms with Crippen LogP contribution in [0.5, 0.6) is 5.75 Å². The van der Waals surface area contributed by atoms with Gasteiger partial charge in [-0.1, -0.05) is 36.4 Å². The maximum absolute atomic E-state index is 12.3. The predicted octanol–water partition coefficient (Wildman–Crippen LogP) is 3.61. The van der Waals surface area contributed by atoms with Gasteiger partial charge >= 0.3 is 0 Å². The van der Waals surface area contributed by atoms with Gasteiger partial charge in [0.2, 0.25) is 0 Å². The van der Waals surface area contributed by atoms with Crippen molar-refractivity contribution in [1.82, 2.24) is 4.90 Å². The summed E-state index contributed by atoms with van der Waals surface area (Å²) < 4.78 is 6.44. The molecule has 0 saturated carbocycles. The number of hydrogen-bond acceptors (Lipinski definition) is 6. The number of carboxylic acids is 1. The monoisotopic (exact) mass is 472 g/mol. The van der Waals surface area contributed by atoms with Gasteiger partial charge in [-0.15, -0.1) is 6.58 Å². The lowest BCUT2D eigenvalue weighted by Gasteiger charge is -2.10. The third-order valence-corrected chi connectivity index (χ3v) is 5.55. The van der Waals surface area contributed by atoms with Crippen molar-refractivity contribution in [3.63, 3.8) is 0 Å². The first-order valence-electron chi connectivity index (χ1n) is 8.48. The average molecular weight is 473 g/mol. The lowest BCUT2D eigenvalue weighted by Crippen LogP contribution is -2.27. The summed E-state index contributed by atoms with van der Waals surface area (Å²) in [5, 5.41) is 10.5. The molecule has 2 aromatic rings. The first-order chi connectivity index (χ1) is 13.9. The number of rotatable bonds is 7. The summed E-state index contributed by atoms with van der Waals surface area (Å²) in [6.07, 6.45) is 3.16. The molecule has 1 saturated heterocycles. The number of ether oxygens (including phenoxy) is 1. The summed E-state index contributed by atoms with van der Waals surface area (Å²) in [5.41, 5.74) is 1.66. The Morgan fingerprint density at radius 1 is 1.21 bits per heavy atom. The van der Waals surface area contributed by atoms with E-state index in [4.69, 9.17) is 4.74 Å². The molecule has 148 valence electrons. The number of aromatic carboxylic acids is 1. The number of carbonyl (C=O) groups excluding carboxylic acids is 3. The third-order valence-electron chi connectivity index (χ3n) is 4.02. The molecule has 1 aliphatic heterocycles. The van der Waals surface area contributed by atoms with Gasteiger partial charge in [0.05, 0.1) is 15.3 Å². The highest BCUT2D eigenvalue weighted by molar-refractivity contribution is 9.10. The Labute approximate surface area is 180 Å². The molecule has 29 heavy (non-hydrogen) atoms. The van der Waals surface area contributed by atoms with Gasteiger partial charge in [0.15, 0.2) is 0 Å². The van der Waals surface area contributed by atoms with Crippen LogP contribution in [0.3, 0.4) is 0 Å². The molecule has 0 N–H and O–H groups in total. The molecule has 2 amide bonds. The fourth-order valence-electron chi connectivity index (χ4n) is 2.56. The Bertz CT molecular complexity index is 1020. The highest BCUT2D eigenvalue weighted by atomic mass is 79.9. The van der Waals surface area contributed by atoms with Crippen LogP contribution in [0.25, 0.3) is 6.08 Å². The zero-order valence-electron chi connectivity index (χ0n) is 15.1. The summed E-state index contributed by atoms with van der Waals surface area (Å²) in [7, 11) is 0. The second-order valence-corrected chi connectivity index (χ2v) is 7.89. The molecule has 1 heterocycles. The van der Waals surface area contributed by atoms with Gasteiger partial charge in [-0.25, -0.2) is 0 Å². The van der Waals surface area contributed by atoms with E-state index < -0.39 is 5.97 Å². The number of carbonyl (C=O) groups is 3. The minimum Gasteiger partial charge on any atom is -0.545 e. The zero-order valence-corrected chi connectivity index (χ0v) is 17.5. The molecule has 0 spiro atoms. The summed E-state index contributed by atoms with van der Waals surface area (Å²) in [5.74, 6) is -0.972. The van der Waals surface area contributed by atoms with Crippen LogP contribution < -0.4 is 9.84 Å². The van der Waals surface area contributed by atoms with Crippen molar-refractivity contribution in [3.8, 4) is 5.75 Å². The molecule has 0 atom stereocenters. The number of carboxylic acid groups (broad SMARTS) is 1. The molecule has 0 aliphatic carbocycles. The smallest absolute Gasteiger partial charge is 0.293 e. The Kier molecular flexibility index (Phi) is 6.56. The first-order valence-corrected chi connectivity index (χ1v) is 10.1. The molecule has 8 heteroatoms. The van der Waals surface area contributed by atoms with Gasteiger partial charge in [-0.2, -0.15) is 0 Å². The molecule has 2 aromatic carbocycles. The van der Waals surface area contributed by atoms with Crippen molar-refractivity contribution in [2.75, 3.05) is 6.54 Å². The van der Waals surface area contributed by atoms with E-state index >= 15 is 0 Å². The molecule has 0 aromatic heterocycles. The maximum Gasteiger partial charge on any atom is 0.293 e. The van der Waals surface area contributed by atoms with Crippen molar-refractivity contribution in [2.45, 2.75) is 6.61 Å². The predicted molar refractivity (Wildman–Crippen MR) is 112 cm³/mol. The topological polar surface area (TPSA) is 86.7 Å². The lowest BCUT2D eigenvalue weighted by molar-refractivity contribution is -0.255. The molecule has 1 fully saturated rings. The van der Waals surface area contributed by atoms with Gasteiger partial charge in [-0.05, 0) is 62.6 Å². The Balaban J connectivity index is 1.69. The third kappa shape index (κ3) is 4.96. The molecule has 3 rings (SSSR count). The summed E-state index contributed by atoms with van der Waals surface area (Å²) >= 11 is 4.34. The molecular formula is C21H15BrNO5S-. The number of halogens is 1. The number of thioether (sulfide) groups is 1. The van der Waals surface area contributed by atoms with E-state index in [1.807, 2.05) is 0 Å². The molecule has 0 bridgehead atoms. The summed E-state index contributed by atoms with van der Waals surface area (Å²) in [4.78, 5) is 36.4. The second kappa shape index (κ2) is 9.11. The fraction of sp³-hybridized carbons (Fsp3) is 0.0952. The van der Waals surface area contributed by atoms with E-state index in [9.17, 15) is 19.5 Å². The van der Waals surface area contributed by atoms with Crippen LogP contribution in [0.1, 0.15) is 21.5 Å². The highest BCUT2D eigenvalue weighted by Gasteiger charge is 2.34. The number of benzene rings is 2. The van der Waals surface area contributed by atoms with Gasteiger partial charge in [0.25, 0.3) is 11.1 Å². The van der Waals surface area contributed by atoms with Gasteiger partial charge in [0, 0.05) is 6.54 Å². The quantitative estimate of drug-likeness (QED) is 0.451. The molecule has 6 nitrogen and oxygen atoms in total. The van der Waals surface area contributed by atoms with E-state index in [0.29, 0.717) is 15.1 Å². The summed E-state index contributed by atoms with van der Waals surface area (Å²) in [6.45, 7) is 3.99. The second-order valence-electron chi connectivity index (χ2n) is 6.04. The normalized spacial score (nSPS) is 15.1. The zero-order chi connectivity index (χ0) is 21.0. The van der Waals surface area contributed by atoms with Crippen molar-refractivity contribution in [2.24, 2.45) is 0 Å². The Morgan fingerprint density at radius 2 is 1.93 bits per heavy atom. The molecule has 0 radical (unpaired) electrons. The minimum absolute atomic E-state index is 0.108. The number of amides is 2. The summed E-state index contributed by atoms with van der Waals surface area (Å²) in [6, 6.07) is 11.6. The van der Waals surface area contributed by atoms with E-state index in [1.165, 1.54) is 18.2 Å². The van der Waals surface area contributed by atoms with Crippen molar-refractivity contribution < 1.29 is 24.2 Å². The van der Waals surface area contributed by atoms with E-state index in [1.54, 1.807) is 36.4 Å². The van der Waals surface area contributed by atoms with Crippen LogP contribution in [-0.2, 0) is 11.4 Å². The Morgan fingerprint density at radius 3 is 2.55 bits per heavy atom. The van der Waals surface area contributed by atoms with E-state index in [-0.39, 0.29) is 29.9 Å². The van der Waals surface area contributed by atoms with Gasteiger partial charge in [0.1, 0.15) is 12.4 Å². The van der Waals surface area contributed by atoms with Crippen LogP contribution in [-0.4, -0.2) is 28.6 Å². The standard InChI is InChI=1S/C21H16BrNO5S/c1-2-9-23-19(24)18(29-21(23)27)11-14-5-8-17(16(22)10-14)28-12-13-3-6-15(7-4-13)20(25)26/h2-8,10-11H,1,9,12H2,(H,25,26)/p-1/b18-11+. The largest absolute Gasteiger partial charge is 0.545 e. The van der Waals surface area contributed by atoms with Gasteiger partial charge < -0.3 is 14.6 Å². The lowest BCUT2D eigenvalue weighted by atomic mass is 10.1. The molecule has 0 unspecified atom stereocenters. The van der Waals surface area contributed by atoms with Crippen molar-refractivity contribution in [3.05, 3.63) is 81.2 Å². The number of nitrogens with zero attached hydrogens (tertiary/aromatic N) is 1. The van der Waals surface area contributed by atoms with Crippen LogP contribution in [0.4, 0.5) is 4.79 Å². The fourth-order valence-corrected chi connectivity index (χ4v) is 3.92. The van der Waals surface area contributed by atoms with Gasteiger partial charge in [-0.3, -0.25) is 14.5 Å². The number of hydrogen-bond donors (Lipinski definition) is 0. The molecular weight excluding hydrogens is 458 g/mol.